The van der Waals surface area contributed by atoms with Gasteiger partial charge in [-0.1, -0.05) is 30.3 Å². The van der Waals surface area contributed by atoms with Gasteiger partial charge in [-0.2, -0.15) is 0 Å². The van der Waals surface area contributed by atoms with Crippen molar-refractivity contribution in [3.63, 3.8) is 0 Å². The maximum absolute atomic E-state index is 12.9. The first-order chi connectivity index (χ1) is 15.1. The highest BCUT2D eigenvalue weighted by Crippen LogP contribution is 2.24. The number of hydroxylamine groups is 1. The number of hydrogen-bond acceptors (Lipinski definition) is 7. The number of aliphatic hydroxyl groups is 1. The van der Waals surface area contributed by atoms with Crippen LogP contribution in [0, 0.1) is 0 Å². The van der Waals surface area contributed by atoms with Crippen molar-refractivity contribution >= 4 is 26.6 Å². The molecule has 3 aromatic rings. The average molecular weight is 460 g/mol. The highest BCUT2D eigenvalue weighted by molar-refractivity contribution is 7.92. The summed E-state index contributed by atoms with van der Waals surface area (Å²) in [5, 5.41) is 18.3. The molecule has 1 amide bonds. The fourth-order valence-electron chi connectivity index (χ4n) is 3.41. The quantitative estimate of drug-likeness (QED) is 0.341. The number of aromatic nitrogens is 2. The van der Waals surface area contributed by atoms with Crippen molar-refractivity contribution in [1.82, 2.24) is 15.0 Å². The summed E-state index contributed by atoms with van der Waals surface area (Å²) in [7, 11) is -3.87. The number of fused-ring (bicyclic) bond motifs is 1. The van der Waals surface area contributed by atoms with Gasteiger partial charge < -0.3 is 5.11 Å². The molecule has 0 aliphatic heterocycles. The summed E-state index contributed by atoms with van der Waals surface area (Å²) >= 11 is 0. The minimum absolute atomic E-state index is 0.0766. The lowest BCUT2D eigenvalue weighted by Gasteiger charge is -2.25. The van der Waals surface area contributed by atoms with Gasteiger partial charge in [-0.25, -0.2) is 18.9 Å². The summed E-state index contributed by atoms with van der Waals surface area (Å²) in [5.41, 5.74) is 4.36. The second kappa shape index (κ2) is 9.19. The molecule has 0 saturated heterocycles. The Kier molecular flexibility index (Phi) is 6.77. The zero-order valence-corrected chi connectivity index (χ0v) is 18.6. The van der Waals surface area contributed by atoms with E-state index in [1.807, 2.05) is 24.3 Å². The Morgan fingerprint density at radius 1 is 1.16 bits per heavy atom. The van der Waals surface area contributed by atoms with Crippen LogP contribution in [0.15, 0.2) is 53.6 Å². The van der Waals surface area contributed by atoms with Crippen molar-refractivity contribution in [1.29, 1.82) is 0 Å². The summed E-state index contributed by atoms with van der Waals surface area (Å²) in [6.07, 6.45) is 2.58. The number of carbonyl (C=O) groups is 1. The van der Waals surface area contributed by atoms with Crippen LogP contribution in [-0.4, -0.2) is 51.8 Å². The fraction of sp³-hybridized carbons (Fsp3) is 0.318. The number of aryl methyl sites for hydroxylation is 1. The van der Waals surface area contributed by atoms with E-state index in [9.17, 15) is 18.0 Å². The molecule has 10 heteroatoms. The molecule has 170 valence electrons. The minimum atomic E-state index is -3.87. The molecule has 3 rings (SSSR count). The van der Waals surface area contributed by atoms with E-state index < -0.39 is 20.5 Å². The minimum Gasteiger partial charge on any atom is -0.396 e. The third-order valence-electron chi connectivity index (χ3n) is 5.74. The zero-order valence-electron chi connectivity index (χ0n) is 17.8. The molecule has 0 saturated carbocycles. The molecular formula is C22H25N3O6S. The predicted molar refractivity (Wildman–Crippen MR) is 120 cm³/mol. The molecular weight excluding hydrogens is 434 g/mol. The van der Waals surface area contributed by atoms with Crippen LogP contribution in [0.1, 0.15) is 18.9 Å². The molecule has 2 aromatic carbocycles. The third-order valence-corrected chi connectivity index (χ3v) is 7.77. The summed E-state index contributed by atoms with van der Waals surface area (Å²) in [4.78, 5) is 29.2. The Morgan fingerprint density at radius 3 is 2.41 bits per heavy atom. The van der Waals surface area contributed by atoms with Crippen LogP contribution in [0.4, 0.5) is 0 Å². The predicted octanol–water partition coefficient (Wildman–Crippen LogP) is 1.30. The van der Waals surface area contributed by atoms with Crippen LogP contribution in [0.25, 0.3) is 22.0 Å². The van der Waals surface area contributed by atoms with Gasteiger partial charge in [0.1, 0.15) is 0 Å². The molecule has 32 heavy (non-hydrogen) atoms. The fourth-order valence-corrected chi connectivity index (χ4v) is 4.25. The molecule has 0 aliphatic rings. The second-order valence-electron chi connectivity index (χ2n) is 7.84. The van der Waals surface area contributed by atoms with E-state index in [1.165, 1.54) is 23.3 Å². The molecule has 0 radical (unpaired) electrons. The van der Waals surface area contributed by atoms with Gasteiger partial charge in [0.2, 0.25) is 0 Å². The first kappa shape index (κ1) is 23.6. The number of sulfone groups is 1. The SMILES string of the molecule is CC(CCn1cnc2cc(-c3ccc(CCO)cc3)ccc2c1=O)(C(=O)NO)S(C)(=O)=O. The molecule has 1 atom stereocenters. The van der Waals surface area contributed by atoms with Gasteiger partial charge in [-0.3, -0.25) is 19.4 Å². The lowest BCUT2D eigenvalue weighted by Crippen LogP contribution is -2.50. The Morgan fingerprint density at radius 2 is 1.81 bits per heavy atom. The molecule has 9 nitrogen and oxygen atoms in total. The summed E-state index contributed by atoms with van der Waals surface area (Å²) in [6.45, 7) is 1.21. The Bertz CT molecular complexity index is 1300. The standard InChI is InChI=1S/C22H25N3O6S/c1-22(21(28)24-29,32(2,30)31)10-11-25-14-23-19-13-17(7-8-18(19)20(25)27)16-5-3-15(4-6-16)9-12-26/h3-8,13-14,26,29H,9-12H2,1-2H3,(H,24,28). The molecule has 1 unspecified atom stereocenters. The van der Waals surface area contributed by atoms with E-state index in [0.717, 1.165) is 22.9 Å². The third kappa shape index (κ3) is 4.57. The zero-order chi connectivity index (χ0) is 23.5. The number of amides is 1. The number of rotatable bonds is 8. The largest absolute Gasteiger partial charge is 0.396 e. The van der Waals surface area contributed by atoms with E-state index in [0.29, 0.717) is 17.3 Å². The number of aliphatic hydroxyl groups excluding tert-OH is 1. The van der Waals surface area contributed by atoms with Crippen molar-refractivity contribution in [2.45, 2.75) is 31.1 Å². The lowest BCUT2D eigenvalue weighted by molar-refractivity contribution is -0.131. The van der Waals surface area contributed by atoms with Crippen LogP contribution in [0.3, 0.4) is 0 Å². The first-order valence-electron chi connectivity index (χ1n) is 9.94. The maximum atomic E-state index is 12.9. The van der Waals surface area contributed by atoms with E-state index in [2.05, 4.69) is 4.98 Å². The van der Waals surface area contributed by atoms with Crippen molar-refractivity contribution in [2.75, 3.05) is 12.9 Å². The van der Waals surface area contributed by atoms with E-state index in [-0.39, 0.29) is 25.1 Å². The van der Waals surface area contributed by atoms with Crippen molar-refractivity contribution < 1.29 is 23.5 Å². The molecule has 0 bridgehead atoms. The van der Waals surface area contributed by atoms with Crippen LogP contribution in [0.5, 0.6) is 0 Å². The summed E-state index contributed by atoms with van der Waals surface area (Å²) < 4.78 is 23.6. The van der Waals surface area contributed by atoms with Crippen molar-refractivity contribution in [3.05, 3.63) is 64.7 Å². The molecule has 3 N–H and O–H groups in total. The topological polar surface area (TPSA) is 139 Å². The van der Waals surface area contributed by atoms with E-state index in [1.54, 1.807) is 18.2 Å². The monoisotopic (exact) mass is 459 g/mol. The number of carbonyl (C=O) groups excluding carboxylic acids is 1. The average Bonchev–Trinajstić information content (AvgIpc) is 2.77. The Hall–Kier alpha value is -3.08. The van der Waals surface area contributed by atoms with Crippen molar-refractivity contribution in [3.8, 4) is 11.1 Å². The number of hydrogen-bond donors (Lipinski definition) is 3. The van der Waals surface area contributed by atoms with Gasteiger partial charge in [0.05, 0.1) is 17.2 Å². The smallest absolute Gasteiger partial charge is 0.264 e. The Balaban J connectivity index is 1.90. The molecule has 1 aromatic heterocycles. The second-order valence-corrected chi connectivity index (χ2v) is 10.3. The van der Waals surface area contributed by atoms with Crippen LogP contribution < -0.4 is 11.0 Å². The maximum Gasteiger partial charge on any atom is 0.264 e. The Labute approximate surface area is 185 Å². The van der Waals surface area contributed by atoms with Crippen molar-refractivity contribution in [2.24, 2.45) is 0 Å². The number of nitrogens with zero attached hydrogens (tertiary/aromatic N) is 2. The number of benzene rings is 2. The van der Waals surface area contributed by atoms with Gasteiger partial charge in [0, 0.05) is 19.4 Å². The molecule has 1 heterocycles. The van der Waals surface area contributed by atoms with E-state index >= 15 is 0 Å². The first-order valence-corrected chi connectivity index (χ1v) is 11.8. The van der Waals surface area contributed by atoms with Crippen LogP contribution >= 0.6 is 0 Å². The summed E-state index contributed by atoms with van der Waals surface area (Å²) in [5.74, 6) is -1.06. The van der Waals surface area contributed by atoms with Gasteiger partial charge in [0.15, 0.2) is 14.6 Å². The number of nitrogens with one attached hydrogen (secondary N) is 1. The lowest BCUT2D eigenvalue weighted by atomic mass is 10.0. The summed E-state index contributed by atoms with van der Waals surface area (Å²) in [6, 6.07) is 13.0. The normalized spacial score (nSPS) is 13.6. The highest BCUT2D eigenvalue weighted by atomic mass is 32.2. The van der Waals surface area contributed by atoms with Gasteiger partial charge in [0.25, 0.3) is 11.5 Å². The van der Waals surface area contributed by atoms with Gasteiger partial charge >= 0.3 is 0 Å². The van der Waals surface area contributed by atoms with E-state index in [4.69, 9.17) is 10.3 Å². The van der Waals surface area contributed by atoms with Crippen LogP contribution in [-0.2, 0) is 27.6 Å². The molecule has 0 spiro atoms. The molecule has 0 aliphatic carbocycles. The molecule has 0 fully saturated rings. The van der Waals surface area contributed by atoms with Gasteiger partial charge in [-0.05, 0) is 48.6 Å². The highest BCUT2D eigenvalue weighted by Gasteiger charge is 2.43. The van der Waals surface area contributed by atoms with Gasteiger partial charge in [-0.15, -0.1) is 0 Å². The van der Waals surface area contributed by atoms with Crippen LogP contribution in [0.2, 0.25) is 0 Å².